The second-order valence-corrected chi connectivity index (χ2v) is 3.29. The summed E-state index contributed by atoms with van der Waals surface area (Å²) in [6.07, 6.45) is 1.91. The van der Waals surface area contributed by atoms with Crippen molar-refractivity contribution in [3.05, 3.63) is 23.2 Å². The van der Waals surface area contributed by atoms with Gasteiger partial charge in [0.15, 0.2) is 0 Å². The smallest absolute Gasteiger partial charge is 0.0775 e. The molecule has 10 heavy (non-hydrogen) atoms. The van der Waals surface area contributed by atoms with Crippen LogP contribution >= 0.6 is 11.3 Å². The van der Waals surface area contributed by atoms with Crippen LogP contribution in [0.4, 0.5) is 0 Å². The highest BCUT2D eigenvalue weighted by Gasteiger charge is 1.99. The second kappa shape index (κ2) is 2.11. The zero-order valence-electron chi connectivity index (χ0n) is 5.29. The van der Waals surface area contributed by atoms with E-state index in [-0.39, 0.29) is 6.61 Å². The fourth-order valence-electron chi connectivity index (χ4n) is 0.979. The van der Waals surface area contributed by atoms with Gasteiger partial charge in [-0.05, 0) is 12.1 Å². The van der Waals surface area contributed by atoms with E-state index in [1.807, 2.05) is 18.3 Å². The van der Waals surface area contributed by atoms with Crippen molar-refractivity contribution in [3.8, 4) is 0 Å². The molecule has 0 amide bonds. The van der Waals surface area contributed by atoms with Crippen LogP contribution in [0.5, 0.6) is 0 Å². The number of aromatic nitrogens is 1. The summed E-state index contributed by atoms with van der Waals surface area (Å²) in [6, 6.07) is 3.99. The highest BCUT2D eigenvalue weighted by atomic mass is 32.1. The molecule has 0 aliphatic rings. The molecule has 2 rings (SSSR count). The number of aliphatic hydroxyl groups excluding tert-OH is 1. The van der Waals surface area contributed by atoms with Gasteiger partial charge in [0.1, 0.15) is 0 Å². The first kappa shape index (κ1) is 5.95. The predicted molar refractivity (Wildman–Crippen MR) is 42.1 cm³/mol. The van der Waals surface area contributed by atoms with Crippen LogP contribution in [0.3, 0.4) is 0 Å². The summed E-state index contributed by atoms with van der Waals surface area (Å²) in [7, 11) is 0. The number of aromatic amines is 1. The van der Waals surface area contributed by atoms with Crippen LogP contribution in [-0.2, 0) is 6.61 Å². The molecule has 0 bridgehead atoms. The molecule has 0 atom stereocenters. The summed E-state index contributed by atoms with van der Waals surface area (Å²) in [5, 5.41) is 8.75. The molecule has 3 heteroatoms. The first-order valence-electron chi connectivity index (χ1n) is 3.07. The van der Waals surface area contributed by atoms with Crippen LogP contribution in [0.1, 0.15) is 4.88 Å². The Morgan fingerprint density at radius 2 is 2.50 bits per heavy atom. The average Bonchev–Trinajstić information content (AvgIpc) is 2.42. The molecule has 0 aromatic carbocycles. The first-order chi connectivity index (χ1) is 4.90. The van der Waals surface area contributed by atoms with Crippen LogP contribution < -0.4 is 0 Å². The van der Waals surface area contributed by atoms with E-state index in [9.17, 15) is 0 Å². The van der Waals surface area contributed by atoms with Gasteiger partial charge in [0.05, 0.1) is 16.8 Å². The molecular formula is C7H7NOS. The molecule has 0 aliphatic carbocycles. The molecule has 2 aromatic heterocycles. The largest absolute Gasteiger partial charge is 0.391 e. The summed E-state index contributed by atoms with van der Waals surface area (Å²) < 4.78 is 1.21. The topological polar surface area (TPSA) is 36.0 Å². The van der Waals surface area contributed by atoms with Gasteiger partial charge in [-0.25, -0.2) is 0 Å². The van der Waals surface area contributed by atoms with Gasteiger partial charge >= 0.3 is 0 Å². The molecule has 0 fully saturated rings. The third-order valence-electron chi connectivity index (χ3n) is 1.44. The maximum atomic E-state index is 8.75. The van der Waals surface area contributed by atoms with E-state index >= 15 is 0 Å². The Morgan fingerprint density at radius 3 is 3.20 bits per heavy atom. The van der Waals surface area contributed by atoms with E-state index in [2.05, 4.69) is 4.98 Å². The third kappa shape index (κ3) is 0.751. The van der Waals surface area contributed by atoms with Crippen LogP contribution in [-0.4, -0.2) is 10.1 Å². The summed E-state index contributed by atoms with van der Waals surface area (Å²) in [5.41, 5.74) is 1.12. The van der Waals surface area contributed by atoms with E-state index < -0.39 is 0 Å². The van der Waals surface area contributed by atoms with Gasteiger partial charge in [0.25, 0.3) is 0 Å². The lowest BCUT2D eigenvalue weighted by atomic mass is 10.4. The molecule has 0 aliphatic heterocycles. The summed E-state index contributed by atoms with van der Waals surface area (Å²) >= 11 is 1.62. The van der Waals surface area contributed by atoms with Crippen molar-refractivity contribution in [2.24, 2.45) is 0 Å². The number of aliphatic hydroxyl groups is 1. The normalized spacial score (nSPS) is 10.9. The van der Waals surface area contributed by atoms with Crippen molar-refractivity contribution in [2.75, 3.05) is 0 Å². The van der Waals surface area contributed by atoms with Crippen LogP contribution in [0, 0.1) is 0 Å². The maximum absolute atomic E-state index is 8.75. The SMILES string of the molecule is OCc1cc2[nH]ccc2s1. The Bertz CT molecular complexity index is 307. The number of hydrogen-bond acceptors (Lipinski definition) is 2. The minimum absolute atomic E-state index is 0.146. The van der Waals surface area contributed by atoms with Gasteiger partial charge in [-0.15, -0.1) is 11.3 Å². The van der Waals surface area contributed by atoms with Gasteiger partial charge in [-0.3, -0.25) is 0 Å². The van der Waals surface area contributed by atoms with Crippen molar-refractivity contribution < 1.29 is 5.11 Å². The summed E-state index contributed by atoms with van der Waals surface area (Å²) in [4.78, 5) is 4.09. The highest BCUT2D eigenvalue weighted by Crippen LogP contribution is 2.23. The molecule has 0 radical (unpaired) electrons. The monoisotopic (exact) mass is 153 g/mol. The van der Waals surface area contributed by atoms with E-state index in [1.54, 1.807) is 11.3 Å². The quantitative estimate of drug-likeness (QED) is 0.643. The molecule has 2 aromatic rings. The zero-order valence-corrected chi connectivity index (χ0v) is 6.11. The standard InChI is InChI=1S/C7H7NOS/c9-4-5-3-6-7(10-5)1-2-8-6/h1-3,8-9H,4H2. The van der Waals surface area contributed by atoms with Gasteiger partial charge in [0, 0.05) is 11.1 Å². The van der Waals surface area contributed by atoms with Crippen molar-refractivity contribution in [3.63, 3.8) is 0 Å². The fraction of sp³-hybridized carbons (Fsp3) is 0.143. The number of nitrogens with one attached hydrogen (secondary N) is 1. The van der Waals surface area contributed by atoms with Crippen molar-refractivity contribution in [1.82, 2.24) is 4.98 Å². The van der Waals surface area contributed by atoms with E-state index in [0.717, 1.165) is 10.4 Å². The van der Waals surface area contributed by atoms with Gasteiger partial charge in [0.2, 0.25) is 0 Å². The van der Waals surface area contributed by atoms with Gasteiger partial charge in [-0.2, -0.15) is 0 Å². The molecule has 0 spiro atoms. The molecule has 2 N–H and O–H groups in total. The lowest BCUT2D eigenvalue weighted by Gasteiger charge is -1.80. The molecule has 0 saturated carbocycles. The van der Waals surface area contributed by atoms with Crippen LogP contribution in [0.2, 0.25) is 0 Å². The summed E-state index contributed by atoms with van der Waals surface area (Å²) in [5.74, 6) is 0. The second-order valence-electron chi connectivity index (χ2n) is 2.13. The molecule has 0 saturated heterocycles. The van der Waals surface area contributed by atoms with Crippen molar-refractivity contribution >= 4 is 21.6 Å². The Morgan fingerprint density at radius 1 is 1.60 bits per heavy atom. The van der Waals surface area contributed by atoms with Crippen molar-refractivity contribution in [2.45, 2.75) is 6.61 Å². The van der Waals surface area contributed by atoms with Crippen molar-refractivity contribution in [1.29, 1.82) is 0 Å². The number of rotatable bonds is 1. The Kier molecular flexibility index (Phi) is 1.25. The maximum Gasteiger partial charge on any atom is 0.0775 e. The Hall–Kier alpha value is -0.800. The molecule has 52 valence electrons. The first-order valence-corrected chi connectivity index (χ1v) is 3.88. The molecule has 2 nitrogen and oxygen atoms in total. The number of H-pyrrole nitrogens is 1. The molecule has 2 heterocycles. The third-order valence-corrected chi connectivity index (χ3v) is 2.53. The van der Waals surface area contributed by atoms with E-state index in [1.165, 1.54) is 4.70 Å². The average molecular weight is 153 g/mol. The minimum atomic E-state index is 0.146. The zero-order chi connectivity index (χ0) is 6.97. The Labute approximate surface area is 62.1 Å². The van der Waals surface area contributed by atoms with Crippen LogP contribution in [0.25, 0.3) is 10.2 Å². The molecular weight excluding hydrogens is 146 g/mol. The van der Waals surface area contributed by atoms with Gasteiger partial charge in [-0.1, -0.05) is 0 Å². The van der Waals surface area contributed by atoms with Crippen LogP contribution in [0.15, 0.2) is 18.3 Å². The minimum Gasteiger partial charge on any atom is -0.391 e. The van der Waals surface area contributed by atoms with Gasteiger partial charge < -0.3 is 10.1 Å². The number of fused-ring (bicyclic) bond motifs is 1. The van der Waals surface area contributed by atoms with E-state index in [4.69, 9.17) is 5.11 Å². The highest BCUT2D eigenvalue weighted by molar-refractivity contribution is 7.19. The lowest BCUT2D eigenvalue weighted by molar-refractivity contribution is 0.285. The number of thiophene rings is 1. The lowest BCUT2D eigenvalue weighted by Crippen LogP contribution is -1.70. The van der Waals surface area contributed by atoms with E-state index in [0.29, 0.717) is 0 Å². The summed E-state index contributed by atoms with van der Waals surface area (Å²) in [6.45, 7) is 0.146. The predicted octanol–water partition coefficient (Wildman–Crippen LogP) is 1.72. The fourth-order valence-corrected chi connectivity index (χ4v) is 1.87. The molecule has 0 unspecified atom stereocenters. The Balaban J connectivity index is 2.67. The number of hydrogen-bond donors (Lipinski definition) is 2.